The van der Waals surface area contributed by atoms with Crippen molar-refractivity contribution in [2.24, 2.45) is 0 Å². The second-order valence-electron chi connectivity index (χ2n) is 7.48. The lowest BCUT2D eigenvalue weighted by molar-refractivity contribution is -0.137. The highest BCUT2D eigenvalue weighted by Gasteiger charge is 2.30. The number of hydrogen-bond donors (Lipinski definition) is 3. The topological polar surface area (TPSA) is 86.9 Å². The molecule has 0 bridgehead atoms. The smallest absolute Gasteiger partial charge is 0.373 e. The molecule has 0 saturated carbocycles. The summed E-state index contributed by atoms with van der Waals surface area (Å²) in [6.07, 6.45) is -2.91. The molecule has 168 valence electrons. The first-order valence-electron chi connectivity index (χ1n) is 9.96. The van der Waals surface area contributed by atoms with Gasteiger partial charge in [-0.15, -0.1) is 0 Å². The third-order valence-electron chi connectivity index (χ3n) is 5.22. The highest BCUT2D eigenvalue weighted by Crippen LogP contribution is 2.30. The van der Waals surface area contributed by atoms with Gasteiger partial charge < -0.3 is 15.6 Å². The van der Waals surface area contributed by atoms with Crippen LogP contribution >= 0.6 is 0 Å². The van der Waals surface area contributed by atoms with Crippen LogP contribution in [0.25, 0.3) is 22.0 Å². The SMILES string of the molecule is CNc1cc2[nH]c(=O)c(-c3cc(NC(=O)c4cccc(C(F)(F)F)c4)ccc3C)cc2cn1. The number of carbonyl (C=O) groups excluding carboxylic acids is 1. The van der Waals surface area contributed by atoms with Crippen molar-refractivity contribution < 1.29 is 18.0 Å². The standard InChI is InChI=1S/C24H19F3N4O2/c1-13-6-7-17(30-22(32)14-4-3-5-16(8-14)24(25,26)27)10-18(13)19-9-15-12-29-21(28-2)11-20(15)31-23(19)33/h3-12H,1-2H3,(H,28,29)(H,30,32)(H,31,33). The first-order chi connectivity index (χ1) is 15.7. The lowest BCUT2D eigenvalue weighted by Crippen LogP contribution is -2.14. The van der Waals surface area contributed by atoms with Gasteiger partial charge in [-0.2, -0.15) is 13.2 Å². The summed E-state index contributed by atoms with van der Waals surface area (Å²) in [4.78, 5) is 32.4. The van der Waals surface area contributed by atoms with Gasteiger partial charge >= 0.3 is 6.18 Å². The molecule has 0 aliphatic rings. The number of aromatic amines is 1. The molecule has 0 saturated heterocycles. The second kappa shape index (κ2) is 8.42. The fraction of sp³-hybridized carbons (Fsp3) is 0.125. The van der Waals surface area contributed by atoms with Gasteiger partial charge in [0.15, 0.2) is 0 Å². The van der Waals surface area contributed by atoms with E-state index in [0.717, 1.165) is 23.1 Å². The Balaban J connectivity index is 1.68. The molecule has 0 atom stereocenters. The second-order valence-corrected chi connectivity index (χ2v) is 7.48. The van der Waals surface area contributed by atoms with Gasteiger partial charge in [-0.05, 0) is 54.4 Å². The molecule has 3 N–H and O–H groups in total. The minimum Gasteiger partial charge on any atom is -0.373 e. The third kappa shape index (κ3) is 4.57. The highest BCUT2D eigenvalue weighted by atomic mass is 19.4. The molecular weight excluding hydrogens is 433 g/mol. The number of carbonyl (C=O) groups is 1. The Morgan fingerprint density at radius 3 is 2.55 bits per heavy atom. The number of aryl methyl sites for hydroxylation is 1. The summed E-state index contributed by atoms with van der Waals surface area (Å²) in [5.41, 5.74) is 1.37. The lowest BCUT2D eigenvalue weighted by Gasteiger charge is -2.12. The Morgan fingerprint density at radius 1 is 1.03 bits per heavy atom. The number of benzene rings is 2. The molecule has 9 heteroatoms. The van der Waals surface area contributed by atoms with E-state index in [4.69, 9.17) is 0 Å². The normalized spacial score (nSPS) is 11.4. The van der Waals surface area contributed by atoms with E-state index in [1.807, 2.05) is 6.92 Å². The number of aromatic nitrogens is 2. The van der Waals surface area contributed by atoms with Crippen molar-refractivity contribution in [3.05, 3.63) is 87.8 Å². The van der Waals surface area contributed by atoms with Crippen LogP contribution in [0.2, 0.25) is 0 Å². The van der Waals surface area contributed by atoms with E-state index in [1.165, 1.54) is 12.1 Å². The van der Waals surface area contributed by atoms with Crippen LogP contribution in [0.15, 0.2) is 65.6 Å². The van der Waals surface area contributed by atoms with Gasteiger partial charge in [0, 0.05) is 41.5 Å². The molecule has 4 aromatic rings. The zero-order valence-corrected chi connectivity index (χ0v) is 17.7. The molecule has 2 aromatic heterocycles. The Hall–Kier alpha value is -4.14. The zero-order valence-electron chi connectivity index (χ0n) is 17.7. The van der Waals surface area contributed by atoms with Gasteiger partial charge in [0.2, 0.25) is 0 Å². The molecule has 4 rings (SSSR count). The minimum atomic E-state index is -4.55. The summed E-state index contributed by atoms with van der Waals surface area (Å²) >= 11 is 0. The molecule has 0 unspecified atom stereocenters. The van der Waals surface area contributed by atoms with Gasteiger partial charge in [-0.1, -0.05) is 12.1 Å². The number of halogens is 3. The van der Waals surface area contributed by atoms with Crippen molar-refractivity contribution in [3.8, 4) is 11.1 Å². The monoisotopic (exact) mass is 452 g/mol. The van der Waals surface area contributed by atoms with Gasteiger partial charge in [0.05, 0.1) is 11.1 Å². The fourth-order valence-electron chi connectivity index (χ4n) is 3.47. The number of hydrogen-bond acceptors (Lipinski definition) is 4. The summed E-state index contributed by atoms with van der Waals surface area (Å²) in [5, 5.41) is 6.24. The number of alkyl halides is 3. The summed E-state index contributed by atoms with van der Waals surface area (Å²) in [5.74, 6) is -0.0755. The van der Waals surface area contributed by atoms with Crippen LogP contribution in [-0.4, -0.2) is 22.9 Å². The molecule has 33 heavy (non-hydrogen) atoms. The number of fused-ring (bicyclic) bond motifs is 1. The highest BCUT2D eigenvalue weighted by molar-refractivity contribution is 6.04. The average molecular weight is 452 g/mol. The first kappa shape index (κ1) is 22.1. The Kier molecular flexibility index (Phi) is 5.63. The molecule has 1 amide bonds. The summed E-state index contributed by atoms with van der Waals surface area (Å²) in [6, 6.07) is 12.6. The number of rotatable bonds is 4. The Labute approximate surface area is 186 Å². The van der Waals surface area contributed by atoms with Crippen molar-refractivity contribution in [1.29, 1.82) is 0 Å². The van der Waals surface area contributed by atoms with E-state index in [1.54, 1.807) is 43.6 Å². The number of anilines is 2. The largest absolute Gasteiger partial charge is 0.416 e. The maximum absolute atomic E-state index is 13.0. The Bertz CT molecular complexity index is 1430. The summed E-state index contributed by atoms with van der Waals surface area (Å²) in [7, 11) is 1.73. The van der Waals surface area contributed by atoms with Crippen molar-refractivity contribution in [3.63, 3.8) is 0 Å². The summed E-state index contributed by atoms with van der Waals surface area (Å²) in [6.45, 7) is 1.82. The molecule has 2 aromatic carbocycles. The van der Waals surface area contributed by atoms with E-state index in [9.17, 15) is 22.8 Å². The molecule has 0 aliphatic carbocycles. The quantitative estimate of drug-likeness (QED) is 0.397. The van der Waals surface area contributed by atoms with Gasteiger partial charge in [0.1, 0.15) is 5.82 Å². The van der Waals surface area contributed by atoms with E-state index in [0.29, 0.717) is 28.1 Å². The Morgan fingerprint density at radius 2 is 1.82 bits per heavy atom. The predicted octanol–water partition coefficient (Wildman–Crippen LogP) is 5.21. The van der Waals surface area contributed by atoms with Crippen LogP contribution in [0.5, 0.6) is 0 Å². The van der Waals surface area contributed by atoms with Crippen molar-refractivity contribution in [1.82, 2.24) is 9.97 Å². The van der Waals surface area contributed by atoms with Crippen LogP contribution in [0.1, 0.15) is 21.5 Å². The van der Waals surface area contributed by atoms with Gasteiger partial charge in [-0.3, -0.25) is 9.59 Å². The lowest BCUT2D eigenvalue weighted by atomic mass is 10.00. The van der Waals surface area contributed by atoms with Gasteiger partial charge in [0.25, 0.3) is 11.5 Å². The number of pyridine rings is 2. The van der Waals surface area contributed by atoms with E-state index in [-0.39, 0.29) is 11.1 Å². The first-order valence-corrected chi connectivity index (χ1v) is 9.96. The van der Waals surface area contributed by atoms with Crippen molar-refractivity contribution >= 4 is 28.3 Å². The molecule has 0 radical (unpaired) electrons. The number of nitrogens with one attached hydrogen (secondary N) is 3. The maximum Gasteiger partial charge on any atom is 0.416 e. The van der Waals surface area contributed by atoms with E-state index >= 15 is 0 Å². The average Bonchev–Trinajstić information content (AvgIpc) is 2.79. The zero-order chi connectivity index (χ0) is 23.8. The van der Waals surface area contributed by atoms with Crippen LogP contribution in [0.4, 0.5) is 24.7 Å². The van der Waals surface area contributed by atoms with Crippen LogP contribution in [0.3, 0.4) is 0 Å². The molecule has 0 spiro atoms. The summed E-state index contributed by atoms with van der Waals surface area (Å²) < 4.78 is 38.9. The van der Waals surface area contributed by atoms with Crippen LogP contribution in [0, 0.1) is 6.92 Å². The van der Waals surface area contributed by atoms with Crippen molar-refractivity contribution in [2.45, 2.75) is 13.1 Å². The maximum atomic E-state index is 13.0. The molecule has 6 nitrogen and oxygen atoms in total. The van der Waals surface area contributed by atoms with Crippen LogP contribution < -0.4 is 16.2 Å². The van der Waals surface area contributed by atoms with Crippen LogP contribution in [-0.2, 0) is 6.18 Å². The third-order valence-corrected chi connectivity index (χ3v) is 5.22. The van der Waals surface area contributed by atoms with Crippen molar-refractivity contribution in [2.75, 3.05) is 17.7 Å². The number of H-pyrrole nitrogens is 1. The molecule has 0 aliphatic heterocycles. The number of amides is 1. The predicted molar refractivity (Wildman–Crippen MR) is 121 cm³/mol. The minimum absolute atomic E-state index is 0.123. The van der Waals surface area contributed by atoms with E-state index < -0.39 is 17.6 Å². The molecular formula is C24H19F3N4O2. The van der Waals surface area contributed by atoms with E-state index in [2.05, 4.69) is 20.6 Å². The molecule has 2 heterocycles. The number of nitrogens with zero attached hydrogens (tertiary/aromatic N) is 1. The van der Waals surface area contributed by atoms with Gasteiger partial charge in [-0.25, -0.2) is 4.98 Å². The molecule has 0 fully saturated rings. The fourth-order valence-corrected chi connectivity index (χ4v) is 3.47.